The normalized spacial score (nSPS) is 13.4. The van der Waals surface area contributed by atoms with Gasteiger partial charge >= 0.3 is 0 Å². The van der Waals surface area contributed by atoms with Gasteiger partial charge in [-0.1, -0.05) is 0 Å². The summed E-state index contributed by atoms with van der Waals surface area (Å²) >= 11 is 0. The Balaban J connectivity index is 1.85. The molecule has 1 amide bonds. The average molecular weight is 337 g/mol. The van der Waals surface area contributed by atoms with Crippen LogP contribution in [0.4, 0.5) is 0 Å². The molecule has 0 saturated heterocycles. The summed E-state index contributed by atoms with van der Waals surface area (Å²) in [6, 6.07) is 7.78. The van der Waals surface area contributed by atoms with Gasteiger partial charge in [-0.05, 0) is 37.1 Å². The van der Waals surface area contributed by atoms with E-state index in [4.69, 9.17) is 9.47 Å². The third-order valence-corrected chi connectivity index (χ3v) is 4.40. The van der Waals surface area contributed by atoms with Crippen LogP contribution in [0.15, 0.2) is 36.7 Å². The molecular weight excluding hydrogens is 318 g/mol. The lowest BCUT2D eigenvalue weighted by atomic mass is 9.95. The summed E-state index contributed by atoms with van der Waals surface area (Å²) in [5.41, 5.74) is 4.37. The minimum atomic E-state index is -0.0795. The fourth-order valence-electron chi connectivity index (χ4n) is 3.27. The number of carbonyl (C=O) groups is 1. The predicted molar refractivity (Wildman–Crippen MR) is 94.4 cm³/mol. The number of methoxy groups -OCH3 is 1. The van der Waals surface area contributed by atoms with Crippen LogP contribution in [0, 0.1) is 0 Å². The van der Waals surface area contributed by atoms with Gasteiger partial charge < -0.3 is 14.8 Å². The van der Waals surface area contributed by atoms with Gasteiger partial charge in [-0.25, -0.2) is 4.98 Å². The molecule has 0 saturated carbocycles. The standard InChI is InChI=1S/C19H19N3O3/c1-3-25-14-5-7-22-15(11-21-17(22)10-14)13-8-12-4-6-20-19(23)18(12)16(9-13)24-2/h5,7-11H,3-4,6H2,1-2H3,(H,20,23). The Bertz CT molecular complexity index is 945. The first-order valence-corrected chi connectivity index (χ1v) is 8.30. The van der Waals surface area contributed by atoms with E-state index >= 15 is 0 Å². The quantitative estimate of drug-likeness (QED) is 0.795. The molecule has 1 aliphatic heterocycles. The van der Waals surface area contributed by atoms with Gasteiger partial charge in [0.15, 0.2) is 0 Å². The molecule has 1 aliphatic rings. The zero-order chi connectivity index (χ0) is 17.4. The number of nitrogens with zero attached hydrogens (tertiary/aromatic N) is 2. The summed E-state index contributed by atoms with van der Waals surface area (Å²) in [5.74, 6) is 1.31. The second-order valence-electron chi connectivity index (χ2n) is 5.89. The lowest BCUT2D eigenvalue weighted by Crippen LogP contribution is -2.32. The monoisotopic (exact) mass is 337 g/mol. The summed E-state index contributed by atoms with van der Waals surface area (Å²) < 4.78 is 13.0. The third kappa shape index (κ3) is 2.59. The molecule has 0 radical (unpaired) electrons. The molecule has 0 bridgehead atoms. The second kappa shape index (κ2) is 6.12. The maximum atomic E-state index is 12.2. The van der Waals surface area contributed by atoms with E-state index in [0.717, 1.165) is 34.6 Å². The molecule has 0 fully saturated rings. The van der Waals surface area contributed by atoms with Crippen LogP contribution in [-0.2, 0) is 6.42 Å². The van der Waals surface area contributed by atoms with Crippen molar-refractivity contribution in [2.24, 2.45) is 0 Å². The highest BCUT2D eigenvalue weighted by atomic mass is 16.5. The van der Waals surface area contributed by atoms with Crippen LogP contribution in [-0.4, -0.2) is 35.6 Å². The molecule has 2 aromatic heterocycles. The van der Waals surface area contributed by atoms with Crippen molar-refractivity contribution in [1.29, 1.82) is 0 Å². The fourth-order valence-corrected chi connectivity index (χ4v) is 3.27. The van der Waals surface area contributed by atoms with Crippen molar-refractivity contribution in [1.82, 2.24) is 14.7 Å². The summed E-state index contributed by atoms with van der Waals surface area (Å²) in [6.07, 6.45) is 4.56. The highest BCUT2D eigenvalue weighted by molar-refractivity contribution is 6.00. The van der Waals surface area contributed by atoms with Crippen LogP contribution in [0.5, 0.6) is 11.5 Å². The van der Waals surface area contributed by atoms with Crippen LogP contribution in [0.25, 0.3) is 16.9 Å². The zero-order valence-corrected chi connectivity index (χ0v) is 14.2. The number of fused-ring (bicyclic) bond motifs is 2. The zero-order valence-electron chi connectivity index (χ0n) is 14.2. The highest BCUT2D eigenvalue weighted by Crippen LogP contribution is 2.33. The molecule has 6 heteroatoms. The summed E-state index contributed by atoms with van der Waals surface area (Å²) in [4.78, 5) is 16.6. The molecule has 25 heavy (non-hydrogen) atoms. The van der Waals surface area contributed by atoms with Crippen molar-refractivity contribution in [3.05, 3.63) is 47.8 Å². The van der Waals surface area contributed by atoms with Crippen LogP contribution in [0.1, 0.15) is 22.8 Å². The van der Waals surface area contributed by atoms with E-state index in [1.165, 1.54) is 0 Å². The minimum absolute atomic E-state index is 0.0795. The first-order chi connectivity index (χ1) is 12.2. The van der Waals surface area contributed by atoms with Crippen molar-refractivity contribution < 1.29 is 14.3 Å². The van der Waals surface area contributed by atoms with Gasteiger partial charge in [0.1, 0.15) is 17.1 Å². The van der Waals surface area contributed by atoms with Gasteiger partial charge in [-0.15, -0.1) is 0 Å². The summed E-state index contributed by atoms with van der Waals surface area (Å²) in [7, 11) is 1.59. The Morgan fingerprint density at radius 1 is 1.32 bits per heavy atom. The molecular formula is C19H19N3O3. The average Bonchev–Trinajstić information content (AvgIpc) is 3.04. The number of ether oxygens (including phenoxy) is 2. The molecule has 0 aliphatic carbocycles. The second-order valence-corrected chi connectivity index (χ2v) is 5.89. The molecule has 1 aromatic carbocycles. The van der Waals surface area contributed by atoms with Crippen molar-refractivity contribution >= 4 is 11.6 Å². The molecule has 128 valence electrons. The van der Waals surface area contributed by atoms with E-state index in [0.29, 0.717) is 24.5 Å². The van der Waals surface area contributed by atoms with Crippen molar-refractivity contribution in [2.45, 2.75) is 13.3 Å². The van der Waals surface area contributed by atoms with Crippen molar-refractivity contribution in [3.63, 3.8) is 0 Å². The van der Waals surface area contributed by atoms with Crippen molar-refractivity contribution in [3.8, 4) is 22.8 Å². The Morgan fingerprint density at radius 3 is 3.00 bits per heavy atom. The Kier molecular flexibility index (Phi) is 3.80. The van der Waals surface area contributed by atoms with Gasteiger partial charge in [0.25, 0.3) is 5.91 Å². The Morgan fingerprint density at radius 2 is 2.20 bits per heavy atom. The number of aromatic nitrogens is 2. The van der Waals surface area contributed by atoms with E-state index in [-0.39, 0.29) is 5.91 Å². The predicted octanol–water partition coefficient (Wildman–Crippen LogP) is 2.69. The number of hydrogen-bond acceptors (Lipinski definition) is 4. The molecule has 6 nitrogen and oxygen atoms in total. The number of benzene rings is 1. The first-order valence-electron chi connectivity index (χ1n) is 8.30. The van der Waals surface area contributed by atoms with E-state index in [9.17, 15) is 4.79 Å². The number of nitrogens with one attached hydrogen (secondary N) is 1. The van der Waals surface area contributed by atoms with Crippen LogP contribution < -0.4 is 14.8 Å². The number of carbonyl (C=O) groups excluding carboxylic acids is 1. The first kappa shape index (κ1) is 15.5. The third-order valence-electron chi connectivity index (χ3n) is 4.40. The van der Waals surface area contributed by atoms with Gasteiger partial charge in [0.05, 0.1) is 31.2 Å². The lowest BCUT2D eigenvalue weighted by molar-refractivity contribution is 0.0942. The topological polar surface area (TPSA) is 64.9 Å². The molecule has 0 atom stereocenters. The van der Waals surface area contributed by atoms with Crippen LogP contribution >= 0.6 is 0 Å². The maximum absolute atomic E-state index is 12.2. The number of rotatable bonds is 4. The summed E-state index contributed by atoms with van der Waals surface area (Å²) in [6.45, 7) is 3.22. The van der Waals surface area contributed by atoms with Crippen molar-refractivity contribution in [2.75, 3.05) is 20.3 Å². The van der Waals surface area contributed by atoms with E-state index in [1.54, 1.807) is 7.11 Å². The van der Waals surface area contributed by atoms with Crippen LogP contribution in [0.3, 0.4) is 0 Å². The van der Waals surface area contributed by atoms with E-state index in [1.807, 2.05) is 41.9 Å². The Labute approximate surface area is 145 Å². The number of hydrogen-bond donors (Lipinski definition) is 1. The van der Waals surface area contributed by atoms with Gasteiger partial charge in [0.2, 0.25) is 0 Å². The lowest BCUT2D eigenvalue weighted by Gasteiger charge is -2.20. The molecule has 4 rings (SSSR count). The largest absolute Gasteiger partial charge is 0.496 e. The Hall–Kier alpha value is -3.02. The van der Waals surface area contributed by atoms with Gasteiger partial charge in [0, 0.05) is 24.4 Å². The smallest absolute Gasteiger partial charge is 0.255 e. The van der Waals surface area contributed by atoms with E-state index in [2.05, 4.69) is 16.4 Å². The van der Waals surface area contributed by atoms with Gasteiger partial charge in [-0.2, -0.15) is 0 Å². The maximum Gasteiger partial charge on any atom is 0.255 e. The van der Waals surface area contributed by atoms with Crippen LogP contribution in [0.2, 0.25) is 0 Å². The number of pyridine rings is 1. The fraction of sp³-hybridized carbons (Fsp3) is 0.263. The SMILES string of the molecule is CCOc1ccn2c(-c3cc4c(c(OC)c3)C(=O)NCC4)cnc2c1. The number of amides is 1. The highest BCUT2D eigenvalue weighted by Gasteiger charge is 2.23. The molecule has 0 spiro atoms. The molecule has 3 heterocycles. The minimum Gasteiger partial charge on any atom is -0.496 e. The number of imidazole rings is 1. The molecule has 3 aromatic rings. The molecule has 1 N–H and O–H groups in total. The molecule has 0 unspecified atom stereocenters. The van der Waals surface area contributed by atoms with E-state index < -0.39 is 0 Å². The van der Waals surface area contributed by atoms with Gasteiger partial charge in [-0.3, -0.25) is 9.20 Å². The summed E-state index contributed by atoms with van der Waals surface area (Å²) in [5, 5.41) is 2.86.